The molecule has 0 spiro atoms. The van der Waals surface area contributed by atoms with E-state index < -0.39 is 0 Å². The van der Waals surface area contributed by atoms with E-state index in [0.717, 1.165) is 21.2 Å². The Balaban J connectivity index is 2.06. The summed E-state index contributed by atoms with van der Waals surface area (Å²) in [5.41, 5.74) is 1.60. The predicted molar refractivity (Wildman–Crippen MR) is 84.8 cm³/mol. The number of halogens is 1. The molecular formula is C15H14BrN3O2. The lowest BCUT2D eigenvalue weighted by atomic mass is 10.2. The fraction of sp³-hybridized carbons (Fsp3) is 0.200. The van der Waals surface area contributed by atoms with Gasteiger partial charge in [0.2, 0.25) is 0 Å². The number of pyridine rings is 1. The third-order valence-electron chi connectivity index (χ3n) is 3.42. The van der Waals surface area contributed by atoms with Crippen molar-refractivity contribution in [2.24, 2.45) is 7.05 Å². The molecule has 1 aromatic carbocycles. The Morgan fingerprint density at radius 3 is 2.67 bits per heavy atom. The second kappa shape index (κ2) is 5.37. The molecule has 0 saturated heterocycles. The molecule has 108 valence electrons. The van der Waals surface area contributed by atoms with Gasteiger partial charge in [0.15, 0.2) is 0 Å². The van der Waals surface area contributed by atoms with Crippen LogP contribution in [0.3, 0.4) is 0 Å². The van der Waals surface area contributed by atoms with Crippen LogP contribution in [0, 0.1) is 0 Å². The molecule has 2 heterocycles. The van der Waals surface area contributed by atoms with Crippen LogP contribution in [0.25, 0.3) is 10.9 Å². The molecule has 21 heavy (non-hydrogen) atoms. The number of aryl methyl sites for hydroxylation is 1. The average Bonchev–Trinajstić information content (AvgIpc) is 2.90. The van der Waals surface area contributed by atoms with E-state index in [1.807, 2.05) is 24.3 Å². The Kier molecular flexibility index (Phi) is 3.55. The van der Waals surface area contributed by atoms with Gasteiger partial charge in [-0.15, -0.1) is 0 Å². The SMILES string of the molecule is COc1ccc(Cn2ncc3c(Br)cn(C)c(=O)c32)cc1. The van der Waals surface area contributed by atoms with Gasteiger partial charge >= 0.3 is 0 Å². The van der Waals surface area contributed by atoms with Crippen molar-refractivity contribution in [3.63, 3.8) is 0 Å². The fourth-order valence-corrected chi connectivity index (χ4v) is 2.87. The second-order valence-corrected chi connectivity index (χ2v) is 5.66. The van der Waals surface area contributed by atoms with Gasteiger partial charge in [-0.2, -0.15) is 5.10 Å². The zero-order valence-electron chi connectivity index (χ0n) is 11.7. The van der Waals surface area contributed by atoms with Crippen LogP contribution >= 0.6 is 15.9 Å². The van der Waals surface area contributed by atoms with Crippen LogP contribution in [-0.4, -0.2) is 21.5 Å². The summed E-state index contributed by atoms with van der Waals surface area (Å²) < 4.78 is 9.29. The van der Waals surface area contributed by atoms with Crippen LogP contribution < -0.4 is 10.3 Å². The molecule has 0 radical (unpaired) electrons. The van der Waals surface area contributed by atoms with Crippen molar-refractivity contribution in [3.8, 4) is 5.75 Å². The van der Waals surface area contributed by atoms with Crippen LogP contribution in [0.2, 0.25) is 0 Å². The molecule has 0 aliphatic heterocycles. The Morgan fingerprint density at radius 2 is 2.00 bits per heavy atom. The van der Waals surface area contributed by atoms with Gasteiger partial charge in [0.1, 0.15) is 11.3 Å². The second-order valence-electron chi connectivity index (χ2n) is 4.81. The number of aromatic nitrogens is 3. The molecule has 0 aliphatic rings. The molecule has 0 bridgehead atoms. The maximum atomic E-state index is 12.3. The first-order valence-corrected chi connectivity index (χ1v) is 7.23. The first kappa shape index (κ1) is 13.9. The fourth-order valence-electron chi connectivity index (χ4n) is 2.27. The summed E-state index contributed by atoms with van der Waals surface area (Å²) in [6, 6.07) is 7.73. The minimum absolute atomic E-state index is 0.0563. The molecule has 0 fully saturated rings. The molecular weight excluding hydrogens is 334 g/mol. The van der Waals surface area contributed by atoms with Crippen molar-refractivity contribution in [3.05, 3.63) is 57.0 Å². The molecule has 3 aromatic rings. The van der Waals surface area contributed by atoms with Gasteiger partial charge in [-0.05, 0) is 33.6 Å². The summed E-state index contributed by atoms with van der Waals surface area (Å²) in [5.74, 6) is 0.808. The maximum absolute atomic E-state index is 12.3. The van der Waals surface area contributed by atoms with E-state index in [9.17, 15) is 4.79 Å². The lowest BCUT2D eigenvalue weighted by molar-refractivity contribution is 0.414. The lowest BCUT2D eigenvalue weighted by Gasteiger charge is -2.06. The quantitative estimate of drug-likeness (QED) is 0.731. The van der Waals surface area contributed by atoms with Crippen molar-refractivity contribution in [2.75, 3.05) is 7.11 Å². The van der Waals surface area contributed by atoms with Gasteiger partial charge in [0.05, 0.1) is 19.9 Å². The molecule has 0 N–H and O–H groups in total. The summed E-state index contributed by atoms with van der Waals surface area (Å²) in [5, 5.41) is 5.16. The third kappa shape index (κ3) is 2.47. The Labute approximate surface area is 129 Å². The van der Waals surface area contributed by atoms with Crippen molar-refractivity contribution in [2.45, 2.75) is 6.54 Å². The van der Waals surface area contributed by atoms with Crippen molar-refractivity contribution >= 4 is 26.8 Å². The zero-order chi connectivity index (χ0) is 15.0. The number of nitrogens with zero attached hydrogens (tertiary/aromatic N) is 3. The number of ether oxygens (including phenoxy) is 1. The van der Waals surface area contributed by atoms with E-state index in [-0.39, 0.29) is 5.56 Å². The van der Waals surface area contributed by atoms with E-state index in [2.05, 4.69) is 21.0 Å². The summed E-state index contributed by atoms with van der Waals surface area (Å²) >= 11 is 3.47. The highest BCUT2D eigenvalue weighted by molar-refractivity contribution is 9.10. The summed E-state index contributed by atoms with van der Waals surface area (Å²) in [6.07, 6.45) is 3.47. The van der Waals surface area contributed by atoms with Crippen LogP contribution in [0.4, 0.5) is 0 Å². The van der Waals surface area contributed by atoms with Crippen molar-refractivity contribution in [1.29, 1.82) is 0 Å². The molecule has 0 unspecified atom stereocenters. The Morgan fingerprint density at radius 1 is 1.29 bits per heavy atom. The average molecular weight is 348 g/mol. The monoisotopic (exact) mass is 347 g/mol. The zero-order valence-corrected chi connectivity index (χ0v) is 13.3. The van der Waals surface area contributed by atoms with E-state index >= 15 is 0 Å². The maximum Gasteiger partial charge on any atom is 0.276 e. The Bertz CT molecular complexity index is 850. The number of hydrogen-bond donors (Lipinski definition) is 0. The number of hydrogen-bond acceptors (Lipinski definition) is 3. The lowest BCUT2D eigenvalue weighted by Crippen LogP contribution is -2.19. The van der Waals surface area contributed by atoms with E-state index in [4.69, 9.17) is 4.74 Å². The number of methoxy groups -OCH3 is 1. The van der Waals surface area contributed by atoms with Gasteiger partial charge in [0.25, 0.3) is 5.56 Å². The third-order valence-corrected chi connectivity index (χ3v) is 4.05. The number of benzene rings is 1. The summed E-state index contributed by atoms with van der Waals surface area (Å²) in [7, 11) is 3.37. The van der Waals surface area contributed by atoms with Gasteiger partial charge < -0.3 is 9.30 Å². The summed E-state index contributed by atoms with van der Waals surface area (Å²) in [4.78, 5) is 12.3. The standard InChI is InChI=1S/C15H14BrN3O2/c1-18-9-13(16)12-7-17-19(14(12)15(18)20)8-10-3-5-11(21-2)6-4-10/h3-7,9H,8H2,1-2H3. The molecule has 2 aromatic heterocycles. The molecule has 0 amide bonds. The molecule has 0 aliphatic carbocycles. The van der Waals surface area contributed by atoms with Gasteiger partial charge in [-0.1, -0.05) is 12.1 Å². The first-order chi connectivity index (χ1) is 10.1. The topological polar surface area (TPSA) is 49.0 Å². The molecule has 0 atom stereocenters. The number of rotatable bonds is 3. The van der Waals surface area contributed by atoms with E-state index in [0.29, 0.717) is 12.1 Å². The first-order valence-electron chi connectivity index (χ1n) is 6.43. The van der Waals surface area contributed by atoms with Crippen LogP contribution in [0.5, 0.6) is 5.75 Å². The van der Waals surface area contributed by atoms with Gasteiger partial charge in [0, 0.05) is 23.1 Å². The van der Waals surface area contributed by atoms with Gasteiger partial charge in [-0.25, -0.2) is 0 Å². The van der Waals surface area contributed by atoms with Crippen LogP contribution in [0.1, 0.15) is 5.56 Å². The van der Waals surface area contributed by atoms with Crippen LogP contribution in [0.15, 0.2) is 45.9 Å². The van der Waals surface area contributed by atoms with E-state index in [1.54, 1.807) is 35.8 Å². The Hall–Kier alpha value is -2.08. The predicted octanol–water partition coefficient (Wildman–Crippen LogP) is 2.55. The largest absolute Gasteiger partial charge is 0.497 e. The van der Waals surface area contributed by atoms with E-state index in [1.165, 1.54) is 0 Å². The molecule has 0 saturated carbocycles. The molecule has 6 heteroatoms. The van der Waals surface area contributed by atoms with Gasteiger partial charge in [-0.3, -0.25) is 9.48 Å². The smallest absolute Gasteiger partial charge is 0.276 e. The normalized spacial score (nSPS) is 11.0. The highest BCUT2D eigenvalue weighted by Gasteiger charge is 2.12. The van der Waals surface area contributed by atoms with Crippen molar-refractivity contribution in [1.82, 2.24) is 14.3 Å². The van der Waals surface area contributed by atoms with Crippen molar-refractivity contribution < 1.29 is 4.74 Å². The highest BCUT2D eigenvalue weighted by Crippen LogP contribution is 2.21. The minimum Gasteiger partial charge on any atom is -0.497 e. The molecule has 3 rings (SSSR count). The van der Waals surface area contributed by atoms with Crippen LogP contribution in [-0.2, 0) is 13.6 Å². The highest BCUT2D eigenvalue weighted by atomic mass is 79.9. The minimum atomic E-state index is -0.0563. The summed E-state index contributed by atoms with van der Waals surface area (Å²) in [6.45, 7) is 0.541. The number of fused-ring (bicyclic) bond motifs is 1. The molecule has 5 nitrogen and oxygen atoms in total.